The van der Waals surface area contributed by atoms with E-state index in [2.05, 4.69) is 6.92 Å². The van der Waals surface area contributed by atoms with E-state index in [1.54, 1.807) is 0 Å². The van der Waals surface area contributed by atoms with Crippen molar-refractivity contribution in [3.63, 3.8) is 0 Å². The second kappa shape index (κ2) is 3.69. The van der Waals surface area contributed by atoms with Gasteiger partial charge in [0.15, 0.2) is 0 Å². The van der Waals surface area contributed by atoms with Crippen LogP contribution >= 0.6 is 11.6 Å². The van der Waals surface area contributed by atoms with Gasteiger partial charge in [-0.05, 0) is 43.5 Å². The molecule has 0 atom stereocenters. The molecule has 0 radical (unpaired) electrons. The number of nitrogens with two attached hydrogens (primary N) is 1. The fourth-order valence-electron chi connectivity index (χ4n) is 1.46. The fraction of sp³-hybridized carbons (Fsp3) is 0.455. The fourth-order valence-corrected chi connectivity index (χ4v) is 1.63. The van der Waals surface area contributed by atoms with Crippen molar-refractivity contribution in [2.75, 3.05) is 0 Å². The van der Waals surface area contributed by atoms with E-state index in [1.807, 2.05) is 32.0 Å². The summed E-state index contributed by atoms with van der Waals surface area (Å²) in [5.74, 6) is 0. The number of aryl methyl sites for hydroxylation is 1. The van der Waals surface area contributed by atoms with Crippen LogP contribution in [0.4, 0.5) is 0 Å². The first-order chi connectivity index (χ1) is 5.95. The molecule has 0 aliphatic carbocycles. The summed E-state index contributed by atoms with van der Waals surface area (Å²) in [7, 11) is 0. The molecule has 0 bridgehead atoms. The number of benzene rings is 1. The molecule has 0 amide bonds. The third-order valence-electron chi connectivity index (χ3n) is 2.15. The van der Waals surface area contributed by atoms with E-state index in [-0.39, 0.29) is 5.54 Å². The standard InChI is InChI=1S/C11H16ClN/c1-4-8-5-6-9(12)7-10(8)11(2,3)13/h5-7H,4,13H2,1-3H3. The lowest BCUT2D eigenvalue weighted by Crippen LogP contribution is -2.29. The van der Waals surface area contributed by atoms with Gasteiger partial charge in [0.1, 0.15) is 0 Å². The zero-order valence-corrected chi connectivity index (χ0v) is 9.15. The van der Waals surface area contributed by atoms with E-state index in [1.165, 1.54) is 5.56 Å². The first-order valence-corrected chi connectivity index (χ1v) is 4.90. The molecule has 1 rings (SSSR count). The molecule has 2 N–H and O–H groups in total. The topological polar surface area (TPSA) is 26.0 Å². The Hall–Kier alpha value is -0.530. The molecular formula is C11H16ClN. The molecule has 1 nitrogen and oxygen atoms in total. The lowest BCUT2D eigenvalue weighted by atomic mass is 9.90. The van der Waals surface area contributed by atoms with Gasteiger partial charge in [0.2, 0.25) is 0 Å². The van der Waals surface area contributed by atoms with Crippen LogP contribution in [-0.2, 0) is 12.0 Å². The predicted octanol–water partition coefficient (Wildman–Crippen LogP) is 3.10. The van der Waals surface area contributed by atoms with Crippen molar-refractivity contribution >= 4 is 11.6 Å². The molecule has 0 aliphatic heterocycles. The number of rotatable bonds is 2. The molecule has 0 aromatic heterocycles. The molecule has 0 unspecified atom stereocenters. The Morgan fingerprint density at radius 3 is 2.46 bits per heavy atom. The van der Waals surface area contributed by atoms with Crippen molar-refractivity contribution in [1.29, 1.82) is 0 Å². The molecule has 0 saturated heterocycles. The van der Waals surface area contributed by atoms with Gasteiger partial charge in [0.25, 0.3) is 0 Å². The minimum absolute atomic E-state index is 0.309. The lowest BCUT2D eigenvalue weighted by Gasteiger charge is -2.22. The molecule has 0 saturated carbocycles. The minimum atomic E-state index is -0.309. The van der Waals surface area contributed by atoms with Crippen LogP contribution in [0.15, 0.2) is 18.2 Å². The van der Waals surface area contributed by atoms with Gasteiger partial charge >= 0.3 is 0 Å². The molecule has 0 spiro atoms. The SMILES string of the molecule is CCc1ccc(Cl)cc1C(C)(C)N. The minimum Gasteiger partial charge on any atom is -0.322 e. The van der Waals surface area contributed by atoms with Crippen LogP contribution in [-0.4, -0.2) is 0 Å². The van der Waals surface area contributed by atoms with E-state index in [0.29, 0.717) is 0 Å². The van der Waals surface area contributed by atoms with Gasteiger partial charge in [0.05, 0.1) is 0 Å². The Morgan fingerprint density at radius 2 is 2.00 bits per heavy atom. The van der Waals surface area contributed by atoms with Gasteiger partial charge in [-0.2, -0.15) is 0 Å². The van der Waals surface area contributed by atoms with Gasteiger partial charge in [0, 0.05) is 10.6 Å². The highest BCUT2D eigenvalue weighted by atomic mass is 35.5. The normalized spacial score (nSPS) is 11.8. The summed E-state index contributed by atoms with van der Waals surface area (Å²) in [5, 5.41) is 0.755. The van der Waals surface area contributed by atoms with Crippen LogP contribution in [0.3, 0.4) is 0 Å². The maximum atomic E-state index is 6.04. The van der Waals surface area contributed by atoms with Crippen LogP contribution in [0.25, 0.3) is 0 Å². The molecule has 0 aliphatic rings. The first-order valence-electron chi connectivity index (χ1n) is 4.53. The van der Waals surface area contributed by atoms with Crippen LogP contribution < -0.4 is 5.73 Å². The predicted molar refractivity (Wildman–Crippen MR) is 58.0 cm³/mol. The van der Waals surface area contributed by atoms with Crippen molar-refractivity contribution in [1.82, 2.24) is 0 Å². The third kappa shape index (κ3) is 2.45. The van der Waals surface area contributed by atoms with Crippen molar-refractivity contribution in [3.8, 4) is 0 Å². The van der Waals surface area contributed by atoms with Gasteiger partial charge in [-0.15, -0.1) is 0 Å². The summed E-state index contributed by atoms with van der Waals surface area (Å²) in [6.07, 6.45) is 0.993. The number of halogens is 1. The van der Waals surface area contributed by atoms with E-state index < -0.39 is 0 Å². The summed E-state index contributed by atoms with van der Waals surface area (Å²) in [6.45, 7) is 6.12. The highest BCUT2D eigenvalue weighted by Gasteiger charge is 2.17. The van der Waals surface area contributed by atoms with Gasteiger partial charge < -0.3 is 5.73 Å². The zero-order valence-electron chi connectivity index (χ0n) is 8.39. The van der Waals surface area contributed by atoms with Crippen molar-refractivity contribution in [2.24, 2.45) is 5.73 Å². The van der Waals surface area contributed by atoms with Gasteiger partial charge in [-0.25, -0.2) is 0 Å². The molecule has 13 heavy (non-hydrogen) atoms. The first kappa shape index (κ1) is 10.6. The molecule has 2 heteroatoms. The Bertz CT molecular complexity index is 299. The van der Waals surface area contributed by atoms with E-state index in [0.717, 1.165) is 17.0 Å². The van der Waals surface area contributed by atoms with Crippen molar-refractivity contribution in [2.45, 2.75) is 32.7 Å². The average molecular weight is 198 g/mol. The maximum Gasteiger partial charge on any atom is 0.0409 e. The maximum absolute atomic E-state index is 6.04. The highest BCUT2D eigenvalue weighted by molar-refractivity contribution is 6.30. The van der Waals surface area contributed by atoms with Gasteiger partial charge in [-0.3, -0.25) is 0 Å². The quantitative estimate of drug-likeness (QED) is 0.775. The molecule has 1 aromatic rings. The summed E-state index contributed by atoms with van der Waals surface area (Å²) in [5.41, 5.74) is 8.15. The van der Waals surface area contributed by atoms with Crippen LogP contribution in [0, 0.1) is 0 Å². The number of hydrogen-bond acceptors (Lipinski definition) is 1. The largest absolute Gasteiger partial charge is 0.322 e. The van der Waals surface area contributed by atoms with Crippen LogP contribution in [0.1, 0.15) is 31.9 Å². The van der Waals surface area contributed by atoms with Crippen molar-refractivity contribution < 1.29 is 0 Å². The monoisotopic (exact) mass is 197 g/mol. The number of hydrogen-bond donors (Lipinski definition) is 1. The smallest absolute Gasteiger partial charge is 0.0409 e. The second-order valence-corrected chi connectivity index (χ2v) is 4.31. The Morgan fingerprint density at radius 1 is 1.38 bits per heavy atom. The molecule has 1 aromatic carbocycles. The molecule has 0 heterocycles. The van der Waals surface area contributed by atoms with Crippen molar-refractivity contribution in [3.05, 3.63) is 34.3 Å². The van der Waals surface area contributed by atoms with E-state index in [9.17, 15) is 0 Å². The van der Waals surface area contributed by atoms with Crippen LogP contribution in [0.2, 0.25) is 5.02 Å². The molecular weight excluding hydrogens is 182 g/mol. The van der Waals surface area contributed by atoms with Crippen LogP contribution in [0.5, 0.6) is 0 Å². The third-order valence-corrected chi connectivity index (χ3v) is 2.38. The average Bonchev–Trinajstić information content (AvgIpc) is 2.03. The van der Waals surface area contributed by atoms with E-state index >= 15 is 0 Å². The zero-order chi connectivity index (χ0) is 10.1. The molecule has 0 fully saturated rings. The summed E-state index contributed by atoms with van der Waals surface area (Å²) in [6, 6.07) is 5.92. The Kier molecular flexibility index (Phi) is 2.99. The lowest BCUT2D eigenvalue weighted by molar-refractivity contribution is 0.548. The van der Waals surface area contributed by atoms with Gasteiger partial charge in [-0.1, -0.05) is 24.6 Å². The summed E-state index contributed by atoms with van der Waals surface area (Å²) in [4.78, 5) is 0. The summed E-state index contributed by atoms with van der Waals surface area (Å²) < 4.78 is 0. The second-order valence-electron chi connectivity index (χ2n) is 3.88. The highest BCUT2D eigenvalue weighted by Crippen LogP contribution is 2.25. The summed E-state index contributed by atoms with van der Waals surface area (Å²) >= 11 is 5.92. The molecule has 72 valence electrons. The Labute approximate surface area is 84.9 Å². The van der Waals surface area contributed by atoms with E-state index in [4.69, 9.17) is 17.3 Å². The Balaban J connectivity index is 3.24.